The van der Waals surface area contributed by atoms with Crippen LogP contribution in [0.15, 0.2) is 0 Å². The van der Waals surface area contributed by atoms with Crippen LogP contribution >= 0.6 is 0 Å². The van der Waals surface area contributed by atoms with E-state index >= 15 is 0 Å². The van der Waals surface area contributed by atoms with Crippen molar-refractivity contribution in [3.63, 3.8) is 0 Å². The summed E-state index contributed by atoms with van der Waals surface area (Å²) in [4.78, 5) is 14.7. The molecule has 19 heavy (non-hydrogen) atoms. The van der Waals surface area contributed by atoms with E-state index in [1.165, 1.54) is 0 Å². The molecule has 0 bridgehead atoms. The molecule has 0 radical (unpaired) electrons. The highest BCUT2D eigenvalue weighted by molar-refractivity contribution is 5.81. The third kappa shape index (κ3) is 4.18. The fourth-order valence-corrected chi connectivity index (χ4v) is 2.98. The summed E-state index contributed by atoms with van der Waals surface area (Å²) in [7, 11) is 2.16. The number of esters is 1. The van der Waals surface area contributed by atoms with Crippen LogP contribution in [0.25, 0.3) is 0 Å². The third-order valence-electron chi connectivity index (χ3n) is 4.07. The largest absolute Gasteiger partial charge is 0.465 e. The van der Waals surface area contributed by atoms with Crippen LogP contribution in [0.3, 0.4) is 0 Å². The lowest BCUT2D eigenvalue weighted by atomic mass is 9.97. The normalized spacial score (nSPS) is 26.9. The number of rotatable bonds is 8. The highest BCUT2D eigenvalue weighted by Crippen LogP contribution is 2.34. The van der Waals surface area contributed by atoms with Gasteiger partial charge in [0.2, 0.25) is 0 Å². The van der Waals surface area contributed by atoms with Crippen molar-refractivity contribution in [2.24, 2.45) is 0 Å². The molecule has 1 saturated carbocycles. The third-order valence-corrected chi connectivity index (χ3v) is 4.07. The Morgan fingerprint density at radius 1 is 1.37 bits per heavy atom. The van der Waals surface area contributed by atoms with Crippen LogP contribution in [-0.2, 0) is 9.53 Å². The van der Waals surface area contributed by atoms with Gasteiger partial charge in [0.25, 0.3) is 0 Å². The number of carbonyl (C=O) groups is 1. The molecule has 0 aromatic heterocycles. The van der Waals surface area contributed by atoms with Gasteiger partial charge in [-0.2, -0.15) is 0 Å². The number of hydrogen-bond donors (Lipinski definition) is 1. The summed E-state index contributed by atoms with van der Waals surface area (Å²) < 4.78 is 5.29. The molecule has 1 aliphatic rings. The van der Waals surface area contributed by atoms with E-state index in [1.807, 2.05) is 6.92 Å². The molecule has 1 fully saturated rings. The molecule has 0 aromatic rings. The molecule has 1 rings (SSSR count). The number of nitrogens with one attached hydrogen (secondary N) is 1. The van der Waals surface area contributed by atoms with E-state index in [0.717, 1.165) is 45.2 Å². The zero-order valence-electron chi connectivity index (χ0n) is 13.0. The highest BCUT2D eigenvalue weighted by atomic mass is 16.5. The second kappa shape index (κ2) is 7.85. The summed E-state index contributed by atoms with van der Waals surface area (Å²) in [6, 6.07) is 0.494. The minimum atomic E-state index is -0.446. The summed E-state index contributed by atoms with van der Waals surface area (Å²) in [6.45, 7) is 8.63. The van der Waals surface area contributed by atoms with Crippen molar-refractivity contribution in [2.45, 2.75) is 64.5 Å². The topological polar surface area (TPSA) is 41.6 Å². The number of carbonyl (C=O) groups excluding carboxylic acids is 1. The molecule has 0 saturated heterocycles. The molecule has 4 nitrogen and oxygen atoms in total. The zero-order chi connectivity index (χ0) is 14.3. The van der Waals surface area contributed by atoms with Crippen molar-refractivity contribution in [1.82, 2.24) is 10.2 Å². The first-order valence-electron chi connectivity index (χ1n) is 7.72. The maximum atomic E-state index is 12.3. The van der Waals surface area contributed by atoms with Gasteiger partial charge < -0.3 is 15.0 Å². The van der Waals surface area contributed by atoms with Gasteiger partial charge in [-0.15, -0.1) is 0 Å². The minimum Gasteiger partial charge on any atom is -0.465 e. The second-order valence-electron chi connectivity index (χ2n) is 5.61. The lowest BCUT2D eigenvalue weighted by Gasteiger charge is -2.30. The van der Waals surface area contributed by atoms with Crippen molar-refractivity contribution in [3.8, 4) is 0 Å². The standard InChI is InChI=1S/C15H30N2O2/c1-5-10-16-15(14(18)19-7-3)9-8-13(12-15)17(4)11-6-2/h13,16H,5-12H2,1-4H3. The summed E-state index contributed by atoms with van der Waals surface area (Å²) in [6.07, 6.45) is 5.04. The molecular weight excluding hydrogens is 240 g/mol. The van der Waals surface area contributed by atoms with E-state index in [4.69, 9.17) is 4.74 Å². The van der Waals surface area contributed by atoms with Crippen molar-refractivity contribution in [3.05, 3.63) is 0 Å². The first-order valence-corrected chi connectivity index (χ1v) is 7.72. The van der Waals surface area contributed by atoms with Gasteiger partial charge in [-0.3, -0.25) is 4.79 Å². The predicted octanol–water partition coefficient (Wildman–Crippen LogP) is 2.18. The van der Waals surface area contributed by atoms with Gasteiger partial charge in [-0.1, -0.05) is 13.8 Å². The van der Waals surface area contributed by atoms with Gasteiger partial charge in [0, 0.05) is 6.04 Å². The van der Waals surface area contributed by atoms with Crippen LogP contribution in [0.1, 0.15) is 52.9 Å². The van der Waals surface area contributed by atoms with Crippen LogP contribution in [-0.4, -0.2) is 49.2 Å². The lowest BCUT2D eigenvalue weighted by molar-refractivity contribution is -0.151. The van der Waals surface area contributed by atoms with Crippen LogP contribution in [0.5, 0.6) is 0 Å². The number of nitrogens with zero attached hydrogens (tertiary/aromatic N) is 1. The Bertz CT molecular complexity index is 283. The van der Waals surface area contributed by atoms with Crippen molar-refractivity contribution in [2.75, 3.05) is 26.7 Å². The first-order chi connectivity index (χ1) is 9.09. The molecular formula is C15H30N2O2. The fraction of sp³-hybridized carbons (Fsp3) is 0.933. The van der Waals surface area contributed by atoms with Crippen molar-refractivity contribution < 1.29 is 9.53 Å². The van der Waals surface area contributed by atoms with Crippen LogP contribution in [0.2, 0.25) is 0 Å². The maximum absolute atomic E-state index is 12.3. The molecule has 112 valence electrons. The molecule has 2 atom stereocenters. The first kappa shape index (κ1) is 16.4. The number of hydrogen-bond acceptors (Lipinski definition) is 4. The SMILES string of the molecule is CCCNC1(C(=O)OCC)CCC(N(C)CCC)C1. The van der Waals surface area contributed by atoms with Gasteiger partial charge in [0.15, 0.2) is 0 Å². The van der Waals surface area contributed by atoms with E-state index in [-0.39, 0.29) is 5.97 Å². The smallest absolute Gasteiger partial charge is 0.326 e. The van der Waals surface area contributed by atoms with Gasteiger partial charge >= 0.3 is 5.97 Å². The fourth-order valence-electron chi connectivity index (χ4n) is 2.98. The Morgan fingerprint density at radius 3 is 2.68 bits per heavy atom. The average Bonchev–Trinajstić information content (AvgIpc) is 2.83. The van der Waals surface area contributed by atoms with Crippen LogP contribution in [0, 0.1) is 0 Å². The quantitative estimate of drug-likeness (QED) is 0.686. The van der Waals surface area contributed by atoms with Crippen LogP contribution < -0.4 is 5.32 Å². The maximum Gasteiger partial charge on any atom is 0.326 e. The average molecular weight is 270 g/mol. The Balaban J connectivity index is 2.69. The molecule has 0 heterocycles. The van der Waals surface area contributed by atoms with E-state index in [9.17, 15) is 4.79 Å². The molecule has 0 amide bonds. The Hall–Kier alpha value is -0.610. The Labute approximate surface area is 117 Å². The van der Waals surface area contributed by atoms with Crippen molar-refractivity contribution in [1.29, 1.82) is 0 Å². The summed E-state index contributed by atoms with van der Waals surface area (Å²) in [5.41, 5.74) is -0.446. The zero-order valence-corrected chi connectivity index (χ0v) is 13.0. The number of ether oxygens (including phenoxy) is 1. The van der Waals surface area contributed by atoms with Gasteiger partial charge in [-0.25, -0.2) is 0 Å². The molecule has 2 unspecified atom stereocenters. The van der Waals surface area contributed by atoms with Crippen LogP contribution in [0.4, 0.5) is 0 Å². The second-order valence-corrected chi connectivity index (χ2v) is 5.61. The molecule has 0 aromatic carbocycles. The summed E-state index contributed by atoms with van der Waals surface area (Å²) in [5, 5.41) is 3.46. The Morgan fingerprint density at radius 2 is 2.11 bits per heavy atom. The summed E-state index contributed by atoms with van der Waals surface area (Å²) >= 11 is 0. The molecule has 0 aliphatic heterocycles. The Kier molecular flexibility index (Phi) is 6.80. The summed E-state index contributed by atoms with van der Waals surface area (Å²) in [5.74, 6) is -0.0594. The predicted molar refractivity (Wildman–Crippen MR) is 78.2 cm³/mol. The van der Waals surface area contributed by atoms with E-state index in [2.05, 4.69) is 31.1 Å². The van der Waals surface area contributed by atoms with Crippen molar-refractivity contribution >= 4 is 5.97 Å². The van der Waals surface area contributed by atoms with Gasteiger partial charge in [0.05, 0.1) is 6.61 Å². The lowest BCUT2D eigenvalue weighted by Crippen LogP contribution is -2.52. The highest BCUT2D eigenvalue weighted by Gasteiger charge is 2.46. The van der Waals surface area contributed by atoms with Gasteiger partial charge in [-0.05, 0) is 59.2 Å². The minimum absolute atomic E-state index is 0.0594. The molecule has 4 heteroatoms. The van der Waals surface area contributed by atoms with E-state index in [1.54, 1.807) is 0 Å². The monoisotopic (exact) mass is 270 g/mol. The molecule has 1 aliphatic carbocycles. The van der Waals surface area contributed by atoms with E-state index in [0.29, 0.717) is 12.6 Å². The van der Waals surface area contributed by atoms with Gasteiger partial charge in [0.1, 0.15) is 5.54 Å². The molecule has 0 spiro atoms. The molecule has 1 N–H and O–H groups in total. The van der Waals surface area contributed by atoms with E-state index < -0.39 is 5.54 Å².